The molecule has 0 aromatic carbocycles. The van der Waals surface area contributed by atoms with Crippen LogP contribution in [0.25, 0.3) is 0 Å². The summed E-state index contributed by atoms with van der Waals surface area (Å²) in [5, 5.41) is 7.60. The maximum Gasteiger partial charge on any atom is 0.0753 e. The van der Waals surface area contributed by atoms with E-state index < -0.39 is 0 Å². The molecule has 1 N–H and O–H groups in total. The van der Waals surface area contributed by atoms with E-state index in [1.165, 1.54) is 12.1 Å². The highest BCUT2D eigenvalue weighted by Crippen LogP contribution is 2.19. The minimum atomic E-state index is 0.639. The molecule has 14 heavy (non-hydrogen) atoms. The van der Waals surface area contributed by atoms with E-state index in [4.69, 9.17) is 0 Å². The first kappa shape index (κ1) is 9.52. The maximum absolute atomic E-state index is 4.28. The molecule has 1 aromatic heterocycles. The third-order valence-corrected chi connectivity index (χ3v) is 2.91. The monoisotopic (exact) mass is 194 g/mol. The fraction of sp³-hybridized carbons (Fsp3) is 0.700. The van der Waals surface area contributed by atoms with E-state index in [0.717, 1.165) is 19.6 Å². The largest absolute Gasteiger partial charge is 0.367 e. The first-order valence-electron chi connectivity index (χ1n) is 5.28. The van der Waals surface area contributed by atoms with Crippen molar-refractivity contribution in [2.24, 2.45) is 0 Å². The molecule has 2 heterocycles. The Bertz CT molecular complexity index is 294. The van der Waals surface area contributed by atoms with Gasteiger partial charge < -0.3 is 10.2 Å². The van der Waals surface area contributed by atoms with Crippen LogP contribution in [0.1, 0.15) is 13.3 Å². The third kappa shape index (κ3) is 1.75. The highest BCUT2D eigenvalue weighted by molar-refractivity contribution is 5.43. The van der Waals surface area contributed by atoms with E-state index in [9.17, 15) is 0 Å². The Labute approximate surface area is 84.9 Å². The van der Waals surface area contributed by atoms with Crippen LogP contribution >= 0.6 is 0 Å². The van der Waals surface area contributed by atoms with Gasteiger partial charge in [0.1, 0.15) is 0 Å². The summed E-state index contributed by atoms with van der Waals surface area (Å²) >= 11 is 0. The second-order valence-electron chi connectivity index (χ2n) is 3.77. The molecule has 1 saturated heterocycles. The molecule has 0 bridgehead atoms. The number of rotatable bonds is 3. The SMILES string of the molecule is CCn1cc(N2CCC(NC)C2)cn1. The summed E-state index contributed by atoms with van der Waals surface area (Å²) in [5.41, 5.74) is 1.25. The molecule has 1 unspecified atom stereocenters. The van der Waals surface area contributed by atoms with Gasteiger partial charge in [-0.15, -0.1) is 0 Å². The van der Waals surface area contributed by atoms with Crippen LogP contribution in [-0.2, 0) is 6.54 Å². The predicted molar refractivity (Wildman–Crippen MR) is 57.6 cm³/mol. The summed E-state index contributed by atoms with van der Waals surface area (Å²) in [6.07, 6.45) is 5.31. The van der Waals surface area contributed by atoms with Gasteiger partial charge in [-0.2, -0.15) is 5.10 Å². The predicted octanol–water partition coefficient (Wildman–Crippen LogP) is 0.701. The van der Waals surface area contributed by atoms with Crippen LogP contribution in [0, 0.1) is 0 Å². The van der Waals surface area contributed by atoms with Crippen molar-refractivity contribution in [3.05, 3.63) is 12.4 Å². The molecule has 0 aliphatic carbocycles. The van der Waals surface area contributed by atoms with Crippen LogP contribution in [0.15, 0.2) is 12.4 Å². The molecule has 1 aliphatic heterocycles. The quantitative estimate of drug-likeness (QED) is 0.769. The first-order valence-corrected chi connectivity index (χ1v) is 5.28. The van der Waals surface area contributed by atoms with E-state index in [1.54, 1.807) is 0 Å². The smallest absolute Gasteiger partial charge is 0.0753 e. The van der Waals surface area contributed by atoms with Gasteiger partial charge >= 0.3 is 0 Å². The van der Waals surface area contributed by atoms with Crippen molar-refractivity contribution in [3.63, 3.8) is 0 Å². The lowest BCUT2D eigenvalue weighted by Gasteiger charge is -2.15. The lowest BCUT2D eigenvalue weighted by atomic mass is 10.3. The molecule has 0 amide bonds. The molecule has 0 spiro atoms. The summed E-state index contributed by atoms with van der Waals surface area (Å²) in [6.45, 7) is 5.30. The van der Waals surface area contributed by atoms with Gasteiger partial charge in [-0.25, -0.2) is 0 Å². The molecule has 78 valence electrons. The van der Waals surface area contributed by atoms with Crippen LogP contribution in [-0.4, -0.2) is 36.0 Å². The van der Waals surface area contributed by atoms with Crippen molar-refractivity contribution in [2.45, 2.75) is 25.9 Å². The van der Waals surface area contributed by atoms with Gasteiger partial charge in [0.05, 0.1) is 11.9 Å². The van der Waals surface area contributed by atoms with E-state index >= 15 is 0 Å². The number of likely N-dealkylation sites (N-methyl/N-ethyl adjacent to an activating group) is 1. The number of aryl methyl sites for hydroxylation is 1. The van der Waals surface area contributed by atoms with Crippen LogP contribution in [0.3, 0.4) is 0 Å². The van der Waals surface area contributed by atoms with Gasteiger partial charge in [0, 0.05) is 31.9 Å². The minimum absolute atomic E-state index is 0.639. The Balaban J connectivity index is 2.02. The van der Waals surface area contributed by atoms with Gasteiger partial charge in [0.25, 0.3) is 0 Å². The van der Waals surface area contributed by atoms with Gasteiger partial charge in [-0.3, -0.25) is 4.68 Å². The van der Waals surface area contributed by atoms with Crippen molar-refractivity contribution >= 4 is 5.69 Å². The Hall–Kier alpha value is -1.03. The van der Waals surface area contributed by atoms with Crippen LogP contribution in [0.2, 0.25) is 0 Å². The molecule has 1 atom stereocenters. The standard InChI is InChI=1S/C10H18N4/c1-3-14-8-10(6-12-14)13-5-4-9(7-13)11-2/h6,8-9,11H,3-5,7H2,1-2H3. The molecule has 1 fully saturated rings. The van der Waals surface area contributed by atoms with E-state index in [-0.39, 0.29) is 0 Å². The average Bonchev–Trinajstić information content (AvgIpc) is 2.86. The minimum Gasteiger partial charge on any atom is -0.367 e. The molecular weight excluding hydrogens is 176 g/mol. The van der Waals surface area contributed by atoms with Gasteiger partial charge in [-0.05, 0) is 20.4 Å². The van der Waals surface area contributed by atoms with Crippen molar-refractivity contribution < 1.29 is 0 Å². The number of nitrogens with one attached hydrogen (secondary N) is 1. The normalized spacial score (nSPS) is 21.9. The zero-order chi connectivity index (χ0) is 9.97. The van der Waals surface area contributed by atoms with Crippen molar-refractivity contribution in [3.8, 4) is 0 Å². The van der Waals surface area contributed by atoms with Crippen LogP contribution < -0.4 is 10.2 Å². The zero-order valence-electron chi connectivity index (χ0n) is 8.90. The number of hydrogen-bond donors (Lipinski definition) is 1. The highest BCUT2D eigenvalue weighted by atomic mass is 15.3. The lowest BCUT2D eigenvalue weighted by Crippen LogP contribution is -2.29. The number of anilines is 1. The van der Waals surface area contributed by atoms with E-state index in [2.05, 4.69) is 28.4 Å². The summed E-state index contributed by atoms with van der Waals surface area (Å²) < 4.78 is 1.97. The third-order valence-electron chi connectivity index (χ3n) is 2.91. The molecule has 4 heteroatoms. The Kier molecular flexibility index (Phi) is 2.72. The van der Waals surface area contributed by atoms with Gasteiger partial charge in [0.2, 0.25) is 0 Å². The summed E-state index contributed by atoms with van der Waals surface area (Å²) in [6, 6.07) is 0.639. The van der Waals surface area contributed by atoms with E-state index in [1.807, 2.05) is 17.9 Å². The molecule has 2 rings (SSSR count). The summed E-state index contributed by atoms with van der Waals surface area (Å²) in [4.78, 5) is 2.39. The molecule has 4 nitrogen and oxygen atoms in total. The number of aromatic nitrogens is 2. The Morgan fingerprint density at radius 2 is 2.50 bits per heavy atom. The van der Waals surface area contributed by atoms with Crippen molar-refractivity contribution in [2.75, 3.05) is 25.0 Å². The Morgan fingerprint density at radius 3 is 3.07 bits per heavy atom. The Morgan fingerprint density at radius 1 is 1.64 bits per heavy atom. The first-order chi connectivity index (χ1) is 6.83. The van der Waals surface area contributed by atoms with Crippen molar-refractivity contribution in [1.29, 1.82) is 0 Å². The average molecular weight is 194 g/mol. The molecular formula is C10H18N4. The van der Waals surface area contributed by atoms with Crippen LogP contribution in [0.4, 0.5) is 5.69 Å². The van der Waals surface area contributed by atoms with Crippen LogP contribution in [0.5, 0.6) is 0 Å². The van der Waals surface area contributed by atoms with Gasteiger partial charge in [-0.1, -0.05) is 0 Å². The number of hydrogen-bond acceptors (Lipinski definition) is 3. The zero-order valence-corrected chi connectivity index (χ0v) is 8.90. The summed E-state index contributed by atoms with van der Waals surface area (Å²) in [5.74, 6) is 0. The second kappa shape index (κ2) is 4.00. The van der Waals surface area contributed by atoms with Crippen molar-refractivity contribution in [1.82, 2.24) is 15.1 Å². The highest BCUT2D eigenvalue weighted by Gasteiger charge is 2.21. The van der Waals surface area contributed by atoms with E-state index in [0.29, 0.717) is 6.04 Å². The molecule has 1 aromatic rings. The maximum atomic E-state index is 4.28. The summed E-state index contributed by atoms with van der Waals surface area (Å²) in [7, 11) is 2.03. The molecule has 0 radical (unpaired) electrons. The van der Waals surface area contributed by atoms with Gasteiger partial charge in [0.15, 0.2) is 0 Å². The fourth-order valence-electron chi connectivity index (χ4n) is 1.92. The lowest BCUT2D eigenvalue weighted by molar-refractivity contribution is 0.617. The number of nitrogens with zero attached hydrogens (tertiary/aromatic N) is 3. The second-order valence-corrected chi connectivity index (χ2v) is 3.77. The molecule has 0 saturated carbocycles. The topological polar surface area (TPSA) is 33.1 Å². The fourth-order valence-corrected chi connectivity index (χ4v) is 1.92. The molecule has 1 aliphatic rings.